The zero-order valence-electron chi connectivity index (χ0n) is 12.2. The third kappa shape index (κ3) is 2.87. The van der Waals surface area contributed by atoms with Crippen LogP contribution >= 0.6 is 11.8 Å². The van der Waals surface area contributed by atoms with Gasteiger partial charge in [0, 0.05) is 43.0 Å². The molecule has 0 aromatic rings. The van der Waals surface area contributed by atoms with Crippen LogP contribution < -0.4 is 5.73 Å². The molecule has 1 saturated carbocycles. The number of hydrogen-bond acceptors (Lipinski definition) is 4. The van der Waals surface area contributed by atoms with Gasteiger partial charge < -0.3 is 5.73 Å². The summed E-state index contributed by atoms with van der Waals surface area (Å²) in [6.07, 6.45) is 7.50. The zero-order chi connectivity index (χ0) is 13.2. The summed E-state index contributed by atoms with van der Waals surface area (Å²) in [6, 6.07) is 1.55. The quantitative estimate of drug-likeness (QED) is 0.763. The van der Waals surface area contributed by atoms with Gasteiger partial charge in [-0.25, -0.2) is 0 Å². The van der Waals surface area contributed by atoms with Crippen molar-refractivity contribution in [2.24, 2.45) is 5.73 Å². The van der Waals surface area contributed by atoms with Crippen LogP contribution in [0.3, 0.4) is 0 Å². The van der Waals surface area contributed by atoms with E-state index in [1.807, 2.05) is 11.8 Å². The molecule has 2 atom stereocenters. The van der Waals surface area contributed by atoms with Crippen LogP contribution in [0.2, 0.25) is 0 Å². The highest BCUT2D eigenvalue weighted by molar-refractivity contribution is 7.98. The molecule has 4 heteroatoms. The zero-order valence-corrected chi connectivity index (χ0v) is 13.0. The third-order valence-corrected chi connectivity index (χ3v) is 5.65. The highest BCUT2D eigenvalue weighted by atomic mass is 32.2. The van der Waals surface area contributed by atoms with E-state index in [1.54, 1.807) is 0 Å². The maximum atomic E-state index is 6.17. The van der Waals surface area contributed by atoms with E-state index in [0.717, 1.165) is 12.6 Å². The summed E-state index contributed by atoms with van der Waals surface area (Å²) in [6.45, 7) is 5.55. The van der Waals surface area contributed by atoms with Crippen LogP contribution in [0.25, 0.3) is 0 Å². The fourth-order valence-electron chi connectivity index (χ4n) is 3.32. The molecule has 2 aliphatic rings. The predicted octanol–water partition coefficient (Wildman–Crippen LogP) is 1.63. The molecule has 2 rings (SSSR count). The molecular formula is C14H29N3S. The molecule has 1 saturated heterocycles. The summed E-state index contributed by atoms with van der Waals surface area (Å²) in [5, 5.41) is 0. The van der Waals surface area contributed by atoms with Crippen molar-refractivity contribution in [2.75, 3.05) is 38.7 Å². The maximum Gasteiger partial charge on any atom is 0.0470 e. The molecule has 0 radical (unpaired) electrons. The van der Waals surface area contributed by atoms with Crippen molar-refractivity contribution in [3.05, 3.63) is 0 Å². The van der Waals surface area contributed by atoms with Crippen LogP contribution in [0.1, 0.15) is 32.6 Å². The molecule has 1 aliphatic heterocycles. The molecule has 1 aliphatic carbocycles. The first-order chi connectivity index (χ1) is 8.66. The molecule has 2 unspecified atom stereocenters. The van der Waals surface area contributed by atoms with E-state index in [9.17, 15) is 0 Å². The molecular weight excluding hydrogens is 242 g/mol. The Morgan fingerprint density at radius 3 is 2.72 bits per heavy atom. The van der Waals surface area contributed by atoms with Crippen LogP contribution in [-0.2, 0) is 0 Å². The Morgan fingerprint density at radius 1 is 1.50 bits per heavy atom. The molecule has 0 aromatic carbocycles. The van der Waals surface area contributed by atoms with Gasteiger partial charge in [0.25, 0.3) is 0 Å². The normalized spacial score (nSPS) is 31.2. The van der Waals surface area contributed by atoms with E-state index in [4.69, 9.17) is 5.73 Å². The van der Waals surface area contributed by atoms with Crippen LogP contribution in [0.15, 0.2) is 0 Å². The smallest absolute Gasteiger partial charge is 0.0470 e. The Labute approximate surface area is 116 Å². The molecule has 2 fully saturated rings. The highest BCUT2D eigenvalue weighted by Crippen LogP contribution is 2.36. The van der Waals surface area contributed by atoms with Crippen LogP contribution in [0.5, 0.6) is 0 Å². The van der Waals surface area contributed by atoms with Gasteiger partial charge in [0.05, 0.1) is 0 Å². The van der Waals surface area contributed by atoms with Crippen molar-refractivity contribution in [1.29, 1.82) is 0 Å². The SMILES string of the molecule is CCC(CSC)N(C)C1(CN)CCN(C2CC2)C1. The molecule has 18 heavy (non-hydrogen) atoms. The molecule has 0 amide bonds. The number of thioether (sulfide) groups is 1. The van der Waals surface area contributed by atoms with Crippen LogP contribution in [0.4, 0.5) is 0 Å². The summed E-state index contributed by atoms with van der Waals surface area (Å²) >= 11 is 1.95. The molecule has 2 N–H and O–H groups in total. The minimum Gasteiger partial charge on any atom is -0.329 e. The van der Waals surface area contributed by atoms with E-state index in [-0.39, 0.29) is 5.54 Å². The summed E-state index contributed by atoms with van der Waals surface area (Å²) in [4.78, 5) is 5.28. The molecule has 1 heterocycles. The first-order valence-corrected chi connectivity index (χ1v) is 8.72. The van der Waals surface area contributed by atoms with Gasteiger partial charge >= 0.3 is 0 Å². The number of likely N-dealkylation sites (N-methyl/N-ethyl adjacent to an activating group) is 1. The van der Waals surface area contributed by atoms with Crippen molar-refractivity contribution in [3.8, 4) is 0 Å². The van der Waals surface area contributed by atoms with Crippen molar-refractivity contribution in [3.63, 3.8) is 0 Å². The van der Waals surface area contributed by atoms with Crippen molar-refractivity contribution in [2.45, 2.75) is 50.2 Å². The Balaban J connectivity index is 2.01. The lowest BCUT2D eigenvalue weighted by Gasteiger charge is -2.42. The largest absolute Gasteiger partial charge is 0.329 e. The van der Waals surface area contributed by atoms with E-state index < -0.39 is 0 Å². The monoisotopic (exact) mass is 271 g/mol. The Bertz CT molecular complexity index is 270. The van der Waals surface area contributed by atoms with Crippen molar-refractivity contribution < 1.29 is 0 Å². The van der Waals surface area contributed by atoms with E-state index in [0.29, 0.717) is 6.04 Å². The molecule has 0 bridgehead atoms. The maximum absolute atomic E-state index is 6.17. The topological polar surface area (TPSA) is 32.5 Å². The second-order valence-electron chi connectivity index (χ2n) is 6.01. The van der Waals surface area contributed by atoms with Gasteiger partial charge in [0.15, 0.2) is 0 Å². The first-order valence-electron chi connectivity index (χ1n) is 7.33. The van der Waals surface area contributed by atoms with Gasteiger partial charge in [-0.2, -0.15) is 11.8 Å². The predicted molar refractivity (Wildman–Crippen MR) is 81.2 cm³/mol. The van der Waals surface area contributed by atoms with Crippen LogP contribution in [-0.4, -0.2) is 66.1 Å². The number of likely N-dealkylation sites (tertiary alicyclic amines) is 1. The fourth-order valence-corrected chi connectivity index (χ4v) is 4.17. The molecule has 0 spiro atoms. The second kappa shape index (κ2) is 6.12. The van der Waals surface area contributed by atoms with Gasteiger partial charge in [-0.3, -0.25) is 9.80 Å². The summed E-state index contributed by atoms with van der Waals surface area (Å²) < 4.78 is 0. The fraction of sp³-hybridized carbons (Fsp3) is 1.00. The van der Waals surface area contributed by atoms with E-state index in [2.05, 4.69) is 30.0 Å². The second-order valence-corrected chi connectivity index (χ2v) is 6.92. The van der Waals surface area contributed by atoms with Gasteiger partial charge in [0.1, 0.15) is 0 Å². The Kier molecular flexibility index (Phi) is 4.98. The highest BCUT2D eigenvalue weighted by Gasteiger charge is 2.45. The van der Waals surface area contributed by atoms with Gasteiger partial charge in [-0.15, -0.1) is 0 Å². The lowest BCUT2D eigenvalue weighted by molar-refractivity contribution is 0.0887. The van der Waals surface area contributed by atoms with Crippen LogP contribution in [0, 0.1) is 0 Å². The van der Waals surface area contributed by atoms with Gasteiger partial charge in [0.2, 0.25) is 0 Å². The standard InChI is InChI=1S/C14H29N3S/c1-4-12(9-18-3)16(2)14(10-15)7-8-17(11-14)13-5-6-13/h12-13H,4-11,15H2,1-3H3. The number of hydrogen-bond donors (Lipinski definition) is 1. The lowest BCUT2D eigenvalue weighted by atomic mass is 9.94. The number of rotatable bonds is 7. The minimum absolute atomic E-state index is 0.235. The number of nitrogens with two attached hydrogens (primary N) is 1. The summed E-state index contributed by atoms with van der Waals surface area (Å²) in [7, 11) is 2.30. The first kappa shape index (κ1) is 14.6. The summed E-state index contributed by atoms with van der Waals surface area (Å²) in [5.74, 6) is 1.22. The third-order valence-electron chi connectivity index (χ3n) is 4.93. The van der Waals surface area contributed by atoms with E-state index >= 15 is 0 Å². The Hall–Kier alpha value is 0.230. The van der Waals surface area contributed by atoms with Gasteiger partial charge in [-0.1, -0.05) is 6.92 Å². The molecule has 3 nitrogen and oxygen atoms in total. The minimum atomic E-state index is 0.235. The van der Waals surface area contributed by atoms with E-state index in [1.165, 1.54) is 44.5 Å². The van der Waals surface area contributed by atoms with Crippen molar-refractivity contribution >= 4 is 11.8 Å². The average molecular weight is 271 g/mol. The average Bonchev–Trinajstić information content (AvgIpc) is 3.15. The van der Waals surface area contributed by atoms with Gasteiger partial charge in [-0.05, 0) is 39.0 Å². The Morgan fingerprint density at radius 2 is 2.22 bits per heavy atom. The molecule has 106 valence electrons. The molecule has 0 aromatic heterocycles. The lowest BCUT2D eigenvalue weighted by Crippen LogP contribution is -2.58. The summed E-state index contributed by atoms with van der Waals surface area (Å²) in [5.41, 5.74) is 6.40. The number of nitrogens with zero attached hydrogens (tertiary/aromatic N) is 2. The van der Waals surface area contributed by atoms with Crippen molar-refractivity contribution in [1.82, 2.24) is 9.80 Å².